The van der Waals surface area contributed by atoms with Gasteiger partial charge < -0.3 is 10.1 Å². The van der Waals surface area contributed by atoms with Gasteiger partial charge in [0.1, 0.15) is 5.75 Å². The van der Waals surface area contributed by atoms with E-state index in [4.69, 9.17) is 10.00 Å². The van der Waals surface area contributed by atoms with Gasteiger partial charge in [-0.05, 0) is 24.3 Å². The maximum atomic E-state index is 8.74. The van der Waals surface area contributed by atoms with E-state index in [2.05, 4.69) is 17.5 Å². The number of nitriles is 1. The Morgan fingerprint density at radius 1 is 1.41 bits per heavy atom. The van der Waals surface area contributed by atoms with Gasteiger partial charge in [0, 0.05) is 25.1 Å². The van der Waals surface area contributed by atoms with Crippen molar-refractivity contribution in [3.8, 4) is 11.8 Å². The Morgan fingerprint density at radius 3 is 2.82 bits per heavy atom. The average Bonchev–Trinajstić information content (AvgIpc) is 3.10. The quantitative estimate of drug-likeness (QED) is 0.816. The van der Waals surface area contributed by atoms with Crippen LogP contribution in [-0.2, 0) is 6.54 Å². The van der Waals surface area contributed by atoms with Gasteiger partial charge in [-0.15, -0.1) is 0 Å². The Bertz CT molecular complexity index is 418. The minimum Gasteiger partial charge on any atom is -0.496 e. The van der Waals surface area contributed by atoms with Gasteiger partial charge in [-0.2, -0.15) is 5.26 Å². The number of hydrogen-bond donors (Lipinski definition) is 1. The predicted molar refractivity (Wildman–Crippen MR) is 66.6 cm³/mol. The predicted octanol–water partition coefficient (Wildman–Crippen LogP) is 2.48. The van der Waals surface area contributed by atoms with Crippen molar-refractivity contribution in [2.45, 2.75) is 25.8 Å². The topological polar surface area (TPSA) is 45.0 Å². The van der Waals surface area contributed by atoms with Crippen LogP contribution in [0.1, 0.15) is 24.8 Å². The molecule has 3 heteroatoms. The fourth-order valence-corrected chi connectivity index (χ4v) is 2.07. The number of benzene rings is 1. The standard InChI is InChI=1S/C14H18N2O/c1-17-13-5-3-2-4-12(13)10-16-11-14(6-7-14)8-9-15/h2-5,16H,6-8,10-11H2,1H3. The molecule has 3 nitrogen and oxygen atoms in total. The second-order valence-corrected chi connectivity index (χ2v) is 4.75. The number of hydrogen-bond acceptors (Lipinski definition) is 3. The van der Waals surface area contributed by atoms with Gasteiger partial charge in [-0.1, -0.05) is 18.2 Å². The van der Waals surface area contributed by atoms with Crippen LogP contribution in [0.2, 0.25) is 0 Å². The van der Waals surface area contributed by atoms with Crippen LogP contribution < -0.4 is 10.1 Å². The molecule has 0 atom stereocenters. The highest BCUT2D eigenvalue weighted by Crippen LogP contribution is 2.47. The van der Waals surface area contributed by atoms with E-state index in [-0.39, 0.29) is 5.41 Å². The van der Waals surface area contributed by atoms with Crippen molar-refractivity contribution in [2.75, 3.05) is 13.7 Å². The van der Waals surface area contributed by atoms with Gasteiger partial charge in [0.05, 0.1) is 13.2 Å². The van der Waals surface area contributed by atoms with E-state index in [1.165, 1.54) is 18.4 Å². The molecule has 0 amide bonds. The summed E-state index contributed by atoms with van der Waals surface area (Å²) in [6, 6.07) is 10.3. The second kappa shape index (κ2) is 5.20. The largest absolute Gasteiger partial charge is 0.496 e. The van der Waals surface area contributed by atoms with Crippen LogP contribution in [0, 0.1) is 16.7 Å². The van der Waals surface area contributed by atoms with Crippen LogP contribution in [-0.4, -0.2) is 13.7 Å². The fourth-order valence-electron chi connectivity index (χ4n) is 2.07. The molecule has 0 bridgehead atoms. The van der Waals surface area contributed by atoms with Crippen LogP contribution in [0.3, 0.4) is 0 Å². The lowest BCUT2D eigenvalue weighted by atomic mass is 10.0. The molecule has 1 aromatic carbocycles. The molecule has 0 saturated heterocycles. The zero-order valence-electron chi connectivity index (χ0n) is 10.2. The summed E-state index contributed by atoms with van der Waals surface area (Å²) in [4.78, 5) is 0. The molecule has 1 aliphatic rings. The van der Waals surface area contributed by atoms with E-state index in [1.54, 1.807) is 7.11 Å². The summed E-state index contributed by atoms with van der Waals surface area (Å²) in [6.07, 6.45) is 3.03. The molecule has 1 saturated carbocycles. The lowest BCUT2D eigenvalue weighted by molar-refractivity contribution is 0.404. The highest BCUT2D eigenvalue weighted by molar-refractivity contribution is 5.33. The van der Waals surface area contributed by atoms with Gasteiger partial charge in [0.25, 0.3) is 0 Å². The number of methoxy groups -OCH3 is 1. The van der Waals surface area contributed by atoms with Gasteiger partial charge in [-0.3, -0.25) is 0 Å². The summed E-state index contributed by atoms with van der Waals surface area (Å²) in [5.41, 5.74) is 1.43. The van der Waals surface area contributed by atoms with E-state index in [0.717, 1.165) is 18.8 Å². The zero-order valence-corrected chi connectivity index (χ0v) is 10.2. The minimum absolute atomic E-state index is 0.261. The third kappa shape index (κ3) is 2.98. The first kappa shape index (κ1) is 11.9. The van der Waals surface area contributed by atoms with E-state index in [0.29, 0.717) is 6.42 Å². The van der Waals surface area contributed by atoms with Crippen LogP contribution >= 0.6 is 0 Å². The van der Waals surface area contributed by atoms with Crippen LogP contribution in [0.15, 0.2) is 24.3 Å². The SMILES string of the molecule is COc1ccccc1CNCC1(CC#N)CC1. The Balaban J connectivity index is 1.84. The fraction of sp³-hybridized carbons (Fsp3) is 0.500. The Labute approximate surface area is 102 Å². The highest BCUT2D eigenvalue weighted by Gasteiger charge is 2.41. The Morgan fingerprint density at radius 2 is 2.18 bits per heavy atom. The Hall–Kier alpha value is -1.53. The summed E-state index contributed by atoms with van der Waals surface area (Å²) in [6.45, 7) is 1.73. The molecule has 90 valence electrons. The van der Waals surface area contributed by atoms with Crippen molar-refractivity contribution in [2.24, 2.45) is 5.41 Å². The number of nitrogens with one attached hydrogen (secondary N) is 1. The van der Waals surface area contributed by atoms with Crippen LogP contribution in [0.4, 0.5) is 0 Å². The van der Waals surface area contributed by atoms with Crippen LogP contribution in [0.25, 0.3) is 0 Å². The molecule has 0 radical (unpaired) electrons. The van der Waals surface area contributed by atoms with Gasteiger partial charge >= 0.3 is 0 Å². The van der Waals surface area contributed by atoms with E-state index in [9.17, 15) is 0 Å². The lowest BCUT2D eigenvalue weighted by Gasteiger charge is -2.13. The molecule has 1 N–H and O–H groups in total. The summed E-state index contributed by atoms with van der Waals surface area (Å²) >= 11 is 0. The summed E-state index contributed by atoms with van der Waals surface area (Å²) in [7, 11) is 1.69. The summed E-state index contributed by atoms with van der Waals surface area (Å²) in [5.74, 6) is 0.921. The zero-order chi connectivity index (χ0) is 12.1. The molecular weight excluding hydrogens is 212 g/mol. The summed E-state index contributed by atoms with van der Waals surface area (Å²) in [5, 5.41) is 12.2. The molecule has 0 heterocycles. The van der Waals surface area contributed by atoms with Crippen molar-refractivity contribution >= 4 is 0 Å². The molecule has 2 rings (SSSR count). The molecule has 0 unspecified atom stereocenters. The molecule has 1 fully saturated rings. The van der Waals surface area contributed by atoms with Crippen molar-refractivity contribution in [3.63, 3.8) is 0 Å². The van der Waals surface area contributed by atoms with E-state index >= 15 is 0 Å². The van der Waals surface area contributed by atoms with E-state index < -0.39 is 0 Å². The average molecular weight is 230 g/mol. The van der Waals surface area contributed by atoms with Crippen molar-refractivity contribution < 1.29 is 4.74 Å². The number of para-hydroxylation sites is 1. The van der Waals surface area contributed by atoms with Crippen molar-refractivity contribution in [3.05, 3.63) is 29.8 Å². The molecule has 17 heavy (non-hydrogen) atoms. The highest BCUT2D eigenvalue weighted by atomic mass is 16.5. The van der Waals surface area contributed by atoms with Crippen molar-refractivity contribution in [1.82, 2.24) is 5.32 Å². The summed E-state index contributed by atoms with van der Waals surface area (Å²) < 4.78 is 5.30. The third-order valence-electron chi connectivity index (χ3n) is 3.42. The minimum atomic E-state index is 0.261. The monoisotopic (exact) mass is 230 g/mol. The maximum Gasteiger partial charge on any atom is 0.123 e. The number of ether oxygens (including phenoxy) is 1. The smallest absolute Gasteiger partial charge is 0.123 e. The third-order valence-corrected chi connectivity index (χ3v) is 3.42. The molecule has 0 aliphatic heterocycles. The Kier molecular flexibility index (Phi) is 3.65. The first-order chi connectivity index (χ1) is 8.29. The normalized spacial score (nSPS) is 16.2. The molecule has 0 aromatic heterocycles. The first-order valence-corrected chi connectivity index (χ1v) is 5.99. The van der Waals surface area contributed by atoms with E-state index in [1.807, 2.05) is 18.2 Å². The maximum absolute atomic E-state index is 8.74. The molecular formula is C14H18N2O. The molecule has 0 spiro atoms. The lowest BCUT2D eigenvalue weighted by Crippen LogP contribution is -2.23. The van der Waals surface area contributed by atoms with Gasteiger partial charge in [-0.25, -0.2) is 0 Å². The van der Waals surface area contributed by atoms with Gasteiger partial charge in [0.2, 0.25) is 0 Å². The molecule has 1 aromatic rings. The number of nitrogens with zero attached hydrogens (tertiary/aromatic N) is 1. The van der Waals surface area contributed by atoms with Crippen LogP contribution in [0.5, 0.6) is 5.75 Å². The number of rotatable bonds is 6. The second-order valence-electron chi connectivity index (χ2n) is 4.75. The van der Waals surface area contributed by atoms with Gasteiger partial charge in [0.15, 0.2) is 0 Å². The van der Waals surface area contributed by atoms with Crippen molar-refractivity contribution in [1.29, 1.82) is 5.26 Å². The first-order valence-electron chi connectivity index (χ1n) is 5.99. The molecule has 1 aliphatic carbocycles.